The van der Waals surface area contributed by atoms with Crippen molar-refractivity contribution in [3.63, 3.8) is 0 Å². The van der Waals surface area contributed by atoms with Crippen molar-refractivity contribution in [1.82, 2.24) is 9.97 Å². The molecule has 1 atom stereocenters. The van der Waals surface area contributed by atoms with E-state index in [-0.39, 0.29) is 21.1 Å². The van der Waals surface area contributed by atoms with Crippen LogP contribution in [0.3, 0.4) is 0 Å². The van der Waals surface area contributed by atoms with Crippen molar-refractivity contribution in [3.8, 4) is 5.88 Å². The maximum absolute atomic E-state index is 13.3. The number of halogens is 3. The highest BCUT2D eigenvalue weighted by molar-refractivity contribution is 9.10. The second-order valence-electron chi connectivity index (χ2n) is 3.64. The number of hydrogen-bond donors (Lipinski definition) is 1. The van der Waals surface area contributed by atoms with Gasteiger partial charge in [0.15, 0.2) is 0 Å². The number of aliphatic hydroxyl groups is 1. The van der Waals surface area contributed by atoms with Crippen LogP contribution in [0.1, 0.15) is 17.4 Å². The van der Waals surface area contributed by atoms with Crippen molar-refractivity contribution < 1.29 is 14.2 Å². The van der Waals surface area contributed by atoms with Crippen molar-refractivity contribution >= 4 is 27.5 Å². The van der Waals surface area contributed by atoms with Crippen LogP contribution in [-0.2, 0) is 0 Å². The molecule has 1 aromatic carbocycles. The lowest BCUT2D eigenvalue weighted by molar-refractivity contribution is 0.207. The lowest BCUT2D eigenvalue weighted by atomic mass is 10.1. The SMILES string of the molecule is COc1nccnc1[C@H](O)c1cc(Br)c(F)cc1Cl. The van der Waals surface area contributed by atoms with Crippen LogP contribution in [0.25, 0.3) is 0 Å². The molecule has 19 heavy (non-hydrogen) atoms. The fourth-order valence-electron chi connectivity index (χ4n) is 1.58. The van der Waals surface area contributed by atoms with E-state index in [9.17, 15) is 9.50 Å². The summed E-state index contributed by atoms with van der Waals surface area (Å²) in [6, 6.07) is 2.52. The van der Waals surface area contributed by atoms with Gasteiger partial charge in [0.1, 0.15) is 17.6 Å². The standard InChI is InChI=1S/C12H9BrClFN2O2/c1-19-12-10(16-2-3-17-12)11(18)6-4-7(13)9(15)5-8(6)14/h2-5,11,18H,1H3/t11-/m1/s1. The number of methoxy groups -OCH3 is 1. The van der Waals surface area contributed by atoms with E-state index in [1.807, 2.05) is 0 Å². The molecule has 1 heterocycles. The third-order valence-electron chi connectivity index (χ3n) is 2.48. The minimum atomic E-state index is -1.16. The van der Waals surface area contributed by atoms with Gasteiger partial charge < -0.3 is 9.84 Å². The second kappa shape index (κ2) is 5.81. The highest BCUT2D eigenvalue weighted by Gasteiger charge is 2.21. The zero-order valence-corrected chi connectivity index (χ0v) is 12.1. The smallest absolute Gasteiger partial charge is 0.238 e. The Morgan fingerprint density at radius 1 is 1.37 bits per heavy atom. The Morgan fingerprint density at radius 3 is 2.74 bits per heavy atom. The number of benzene rings is 1. The Bertz CT molecular complexity index is 612. The van der Waals surface area contributed by atoms with E-state index in [0.29, 0.717) is 5.56 Å². The number of nitrogens with zero attached hydrogens (tertiary/aromatic N) is 2. The Labute approximate surface area is 122 Å². The number of hydrogen-bond acceptors (Lipinski definition) is 4. The van der Waals surface area contributed by atoms with Crippen molar-refractivity contribution in [2.75, 3.05) is 7.11 Å². The third-order valence-corrected chi connectivity index (χ3v) is 3.41. The van der Waals surface area contributed by atoms with Gasteiger partial charge in [-0.15, -0.1) is 0 Å². The van der Waals surface area contributed by atoms with Gasteiger partial charge in [0.2, 0.25) is 5.88 Å². The van der Waals surface area contributed by atoms with Crippen LogP contribution < -0.4 is 4.74 Å². The van der Waals surface area contributed by atoms with Gasteiger partial charge in [0.25, 0.3) is 0 Å². The Kier molecular flexibility index (Phi) is 4.34. The Balaban J connectivity index is 2.50. The summed E-state index contributed by atoms with van der Waals surface area (Å²) in [5.41, 5.74) is 0.527. The molecule has 0 spiro atoms. The topological polar surface area (TPSA) is 55.2 Å². The molecule has 0 radical (unpaired) electrons. The molecule has 1 aromatic heterocycles. The summed E-state index contributed by atoms with van der Waals surface area (Å²) < 4.78 is 18.5. The van der Waals surface area contributed by atoms with Gasteiger partial charge in [-0.05, 0) is 28.1 Å². The molecule has 0 aliphatic rings. The fourth-order valence-corrected chi connectivity index (χ4v) is 2.19. The number of rotatable bonds is 3. The molecule has 100 valence electrons. The van der Waals surface area contributed by atoms with Crippen molar-refractivity contribution in [3.05, 3.63) is 51.1 Å². The van der Waals surface area contributed by atoms with Gasteiger partial charge >= 0.3 is 0 Å². The van der Waals surface area contributed by atoms with Gasteiger partial charge in [-0.3, -0.25) is 4.98 Å². The maximum Gasteiger partial charge on any atom is 0.238 e. The van der Waals surface area contributed by atoms with E-state index in [1.54, 1.807) is 0 Å². The summed E-state index contributed by atoms with van der Waals surface area (Å²) in [7, 11) is 1.42. The largest absolute Gasteiger partial charge is 0.480 e. The number of ether oxygens (including phenoxy) is 1. The van der Waals surface area contributed by atoms with E-state index >= 15 is 0 Å². The molecule has 0 amide bonds. The summed E-state index contributed by atoms with van der Waals surface area (Å²) in [5, 5.41) is 10.4. The first kappa shape index (κ1) is 14.2. The minimum Gasteiger partial charge on any atom is -0.480 e. The summed E-state index contributed by atoms with van der Waals surface area (Å²) >= 11 is 8.98. The number of aromatic nitrogens is 2. The minimum absolute atomic E-state index is 0.0981. The highest BCUT2D eigenvalue weighted by atomic mass is 79.9. The van der Waals surface area contributed by atoms with Crippen molar-refractivity contribution in [2.24, 2.45) is 0 Å². The lowest BCUT2D eigenvalue weighted by Gasteiger charge is -2.14. The molecular formula is C12H9BrClFN2O2. The molecule has 1 N–H and O–H groups in total. The van der Waals surface area contributed by atoms with Crippen LogP contribution in [-0.4, -0.2) is 22.2 Å². The summed E-state index contributed by atoms with van der Waals surface area (Å²) in [4.78, 5) is 7.95. The molecule has 0 bridgehead atoms. The van der Waals surface area contributed by atoms with Crippen molar-refractivity contribution in [1.29, 1.82) is 0 Å². The van der Waals surface area contributed by atoms with Gasteiger partial charge in [0.05, 0.1) is 11.6 Å². The van der Waals surface area contributed by atoms with Crippen LogP contribution in [0, 0.1) is 5.82 Å². The molecule has 4 nitrogen and oxygen atoms in total. The first-order valence-electron chi connectivity index (χ1n) is 5.22. The van der Waals surface area contributed by atoms with Crippen LogP contribution in [0.2, 0.25) is 5.02 Å². The van der Waals surface area contributed by atoms with Crippen LogP contribution in [0.15, 0.2) is 29.0 Å². The average molecular weight is 348 g/mol. The summed E-state index contributed by atoms with van der Waals surface area (Å²) in [5.74, 6) is -0.321. The van der Waals surface area contributed by atoms with E-state index in [1.165, 1.54) is 25.6 Å². The molecule has 7 heteroatoms. The van der Waals surface area contributed by atoms with E-state index in [4.69, 9.17) is 16.3 Å². The Hall–Kier alpha value is -1.24. The molecule has 0 aliphatic carbocycles. The van der Waals surface area contributed by atoms with Crippen LogP contribution in [0.5, 0.6) is 5.88 Å². The predicted molar refractivity (Wildman–Crippen MR) is 71.8 cm³/mol. The molecular weight excluding hydrogens is 338 g/mol. The molecule has 0 saturated carbocycles. The quantitative estimate of drug-likeness (QED) is 0.867. The lowest BCUT2D eigenvalue weighted by Crippen LogP contribution is -2.07. The monoisotopic (exact) mass is 346 g/mol. The molecule has 2 aromatic rings. The maximum atomic E-state index is 13.3. The van der Waals surface area contributed by atoms with E-state index in [2.05, 4.69) is 25.9 Å². The average Bonchev–Trinajstić information content (AvgIpc) is 2.42. The normalized spacial score (nSPS) is 12.3. The Morgan fingerprint density at radius 2 is 2.05 bits per heavy atom. The first-order chi connectivity index (χ1) is 9.04. The van der Waals surface area contributed by atoms with Gasteiger partial charge in [-0.2, -0.15) is 0 Å². The van der Waals surface area contributed by atoms with E-state index < -0.39 is 11.9 Å². The van der Waals surface area contributed by atoms with Gasteiger partial charge in [0, 0.05) is 23.0 Å². The number of aliphatic hydroxyl groups excluding tert-OH is 1. The van der Waals surface area contributed by atoms with Crippen molar-refractivity contribution in [2.45, 2.75) is 6.10 Å². The van der Waals surface area contributed by atoms with E-state index in [0.717, 1.165) is 6.07 Å². The summed E-state index contributed by atoms with van der Waals surface area (Å²) in [6.45, 7) is 0. The zero-order valence-electron chi connectivity index (χ0n) is 9.77. The molecule has 0 saturated heterocycles. The third kappa shape index (κ3) is 2.86. The zero-order chi connectivity index (χ0) is 14.0. The summed E-state index contributed by atoms with van der Waals surface area (Å²) in [6.07, 6.45) is 1.71. The molecule has 0 unspecified atom stereocenters. The molecule has 0 aliphatic heterocycles. The fraction of sp³-hybridized carbons (Fsp3) is 0.167. The van der Waals surface area contributed by atoms with Crippen LogP contribution >= 0.6 is 27.5 Å². The second-order valence-corrected chi connectivity index (χ2v) is 4.90. The molecule has 2 rings (SSSR count). The molecule has 0 fully saturated rings. The van der Waals surface area contributed by atoms with Gasteiger partial charge in [-0.25, -0.2) is 9.37 Å². The highest BCUT2D eigenvalue weighted by Crippen LogP contribution is 2.33. The van der Waals surface area contributed by atoms with Crippen LogP contribution in [0.4, 0.5) is 4.39 Å². The predicted octanol–water partition coefficient (Wildman–Crippen LogP) is 3.12. The first-order valence-corrected chi connectivity index (χ1v) is 6.39. The van der Waals surface area contributed by atoms with Gasteiger partial charge in [-0.1, -0.05) is 11.6 Å².